The monoisotopic (exact) mass is 283 g/mol. The molecule has 0 aliphatic heterocycles. The number of hydrogen-bond acceptors (Lipinski definition) is 3. The molecule has 0 saturated heterocycles. The van der Waals surface area contributed by atoms with Crippen molar-refractivity contribution < 1.29 is 4.74 Å². The molecule has 1 aromatic heterocycles. The van der Waals surface area contributed by atoms with Crippen LogP contribution in [-0.2, 0) is 6.61 Å². The zero-order valence-electron chi connectivity index (χ0n) is 12.5. The van der Waals surface area contributed by atoms with Crippen LogP contribution in [-0.4, -0.2) is 16.3 Å². The second-order valence-electron chi connectivity index (χ2n) is 4.86. The van der Waals surface area contributed by atoms with Gasteiger partial charge in [-0.3, -0.25) is 4.68 Å². The van der Waals surface area contributed by atoms with E-state index in [9.17, 15) is 0 Å². The Morgan fingerprint density at radius 1 is 1.29 bits per heavy atom. The lowest BCUT2D eigenvalue weighted by molar-refractivity contribution is 0.298. The highest BCUT2D eigenvalue weighted by Crippen LogP contribution is 2.14. The molecule has 0 amide bonds. The topological polar surface area (TPSA) is 53.1 Å². The third kappa shape index (κ3) is 4.37. The SMILES string of the molecule is CCC(C)n1ccc(COc2ccc(C#CCN)cc2)n1. The fourth-order valence-electron chi connectivity index (χ4n) is 1.83. The van der Waals surface area contributed by atoms with Gasteiger partial charge in [0.25, 0.3) is 0 Å². The number of hydrogen-bond donors (Lipinski definition) is 1. The van der Waals surface area contributed by atoms with Crippen molar-refractivity contribution in [3.8, 4) is 17.6 Å². The van der Waals surface area contributed by atoms with Crippen LogP contribution in [0.3, 0.4) is 0 Å². The Morgan fingerprint density at radius 2 is 2.05 bits per heavy atom. The number of benzene rings is 1. The van der Waals surface area contributed by atoms with E-state index in [0.717, 1.165) is 23.4 Å². The molecule has 110 valence electrons. The van der Waals surface area contributed by atoms with Gasteiger partial charge in [0.1, 0.15) is 12.4 Å². The molecule has 2 N–H and O–H groups in total. The summed E-state index contributed by atoms with van der Waals surface area (Å²) in [5.41, 5.74) is 7.22. The maximum Gasteiger partial charge on any atom is 0.132 e. The van der Waals surface area contributed by atoms with Gasteiger partial charge in [0, 0.05) is 17.8 Å². The van der Waals surface area contributed by atoms with Gasteiger partial charge in [0.2, 0.25) is 0 Å². The average Bonchev–Trinajstić information content (AvgIpc) is 3.00. The molecule has 1 heterocycles. The van der Waals surface area contributed by atoms with E-state index in [4.69, 9.17) is 10.5 Å². The van der Waals surface area contributed by atoms with Gasteiger partial charge in [-0.1, -0.05) is 18.8 Å². The largest absolute Gasteiger partial charge is 0.487 e. The molecule has 1 aromatic carbocycles. The maximum atomic E-state index is 5.73. The molecule has 4 heteroatoms. The molecule has 2 aromatic rings. The number of aromatic nitrogens is 2. The summed E-state index contributed by atoms with van der Waals surface area (Å²) in [4.78, 5) is 0. The lowest BCUT2D eigenvalue weighted by atomic mass is 10.2. The summed E-state index contributed by atoms with van der Waals surface area (Å²) in [6.07, 6.45) is 3.06. The fourth-order valence-corrected chi connectivity index (χ4v) is 1.83. The first-order valence-corrected chi connectivity index (χ1v) is 7.18. The highest BCUT2D eigenvalue weighted by molar-refractivity contribution is 5.38. The lowest BCUT2D eigenvalue weighted by Crippen LogP contribution is -2.05. The van der Waals surface area contributed by atoms with Gasteiger partial charge >= 0.3 is 0 Å². The molecule has 0 aliphatic carbocycles. The van der Waals surface area contributed by atoms with Crippen molar-refractivity contribution in [2.75, 3.05) is 6.54 Å². The molecule has 4 nitrogen and oxygen atoms in total. The zero-order valence-corrected chi connectivity index (χ0v) is 12.5. The maximum absolute atomic E-state index is 5.73. The van der Waals surface area contributed by atoms with E-state index < -0.39 is 0 Å². The highest BCUT2D eigenvalue weighted by Gasteiger charge is 2.05. The van der Waals surface area contributed by atoms with E-state index in [1.54, 1.807) is 0 Å². The minimum atomic E-state index is 0.372. The molecule has 0 bridgehead atoms. The van der Waals surface area contributed by atoms with Crippen LogP contribution >= 0.6 is 0 Å². The third-order valence-electron chi connectivity index (χ3n) is 3.28. The molecule has 1 atom stereocenters. The van der Waals surface area contributed by atoms with Crippen LogP contribution in [0.5, 0.6) is 5.75 Å². The Hall–Kier alpha value is -2.25. The molecule has 0 fully saturated rings. The number of ether oxygens (including phenoxy) is 1. The minimum Gasteiger partial charge on any atom is -0.487 e. The number of nitrogens with zero attached hydrogens (tertiary/aromatic N) is 2. The fraction of sp³-hybridized carbons (Fsp3) is 0.353. The summed E-state index contributed by atoms with van der Waals surface area (Å²) < 4.78 is 7.71. The molecule has 0 radical (unpaired) electrons. The molecular weight excluding hydrogens is 262 g/mol. The van der Waals surface area contributed by atoms with Crippen LogP contribution in [0.15, 0.2) is 36.5 Å². The van der Waals surface area contributed by atoms with Gasteiger partial charge in [0.05, 0.1) is 12.2 Å². The van der Waals surface area contributed by atoms with E-state index in [1.165, 1.54) is 0 Å². The van der Waals surface area contributed by atoms with Crippen LogP contribution in [0.4, 0.5) is 0 Å². The summed E-state index contributed by atoms with van der Waals surface area (Å²) in [7, 11) is 0. The van der Waals surface area contributed by atoms with Gasteiger partial charge in [-0.05, 0) is 43.7 Å². The van der Waals surface area contributed by atoms with Crippen LogP contribution in [0, 0.1) is 11.8 Å². The Morgan fingerprint density at radius 3 is 2.71 bits per heavy atom. The molecule has 2 rings (SSSR count). The number of nitrogens with two attached hydrogens (primary N) is 1. The first-order valence-electron chi connectivity index (χ1n) is 7.18. The summed E-state index contributed by atoms with van der Waals surface area (Å²) in [5, 5.41) is 4.51. The molecule has 0 saturated carbocycles. The van der Waals surface area contributed by atoms with Crippen molar-refractivity contribution >= 4 is 0 Å². The molecule has 0 spiro atoms. The van der Waals surface area contributed by atoms with Crippen LogP contribution in [0.25, 0.3) is 0 Å². The lowest BCUT2D eigenvalue weighted by Gasteiger charge is -2.08. The summed E-state index contributed by atoms with van der Waals surface area (Å²) in [5.74, 6) is 6.62. The van der Waals surface area contributed by atoms with Crippen molar-refractivity contribution in [3.63, 3.8) is 0 Å². The first-order chi connectivity index (χ1) is 10.2. The first kappa shape index (κ1) is 15.1. The molecule has 1 unspecified atom stereocenters. The normalized spacial score (nSPS) is 11.6. The van der Waals surface area contributed by atoms with Crippen molar-refractivity contribution in [2.45, 2.75) is 32.9 Å². The highest BCUT2D eigenvalue weighted by atomic mass is 16.5. The van der Waals surface area contributed by atoms with Crippen LogP contribution in [0.2, 0.25) is 0 Å². The quantitative estimate of drug-likeness (QED) is 0.858. The second kappa shape index (κ2) is 7.51. The van der Waals surface area contributed by atoms with Crippen LogP contribution < -0.4 is 10.5 Å². The van der Waals surface area contributed by atoms with E-state index in [0.29, 0.717) is 19.2 Å². The van der Waals surface area contributed by atoms with E-state index in [-0.39, 0.29) is 0 Å². The Bertz CT molecular complexity index is 619. The second-order valence-corrected chi connectivity index (χ2v) is 4.86. The third-order valence-corrected chi connectivity index (χ3v) is 3.28. The van der Waals surface area contributed by atoms with E-state index >= 15 is 0 Å². The van der Waals surface area contributed by atoms with Crippen molar-refractivity contribution in [2.24, 2.45) is 5.73 Å². The van der Waals surface area contributed by atoms with E-state index in [2.05, 4.69) is 30.8 Å². The van der Waals surface area contributed by atoms with E-state index in [1.807, 2.05) is 41.2 Å². The molecular formula is C17H21N3O. The Balaban J connectivity index is 1.92. The standard InChI is InChI=1S/C17H21N3O/c1-3-14(2)20-12-10-16(19-20)13-21-17-8-6-15(7-9-17)5-4-11-18/h6-10,12,14H,3,11,13,18H2,1-2H3. The Labute approximate surface area is 125 Å². The van der Waals surface area contributed by atoms with Crippen molar-refractivity contribution in [1.29, 1.82) is 0 Å². The van der Waals surface area contributed by atoms with Crippen LogP contribution in [0.1, 0.15) is 37.6 Å². The van der Waals surface area contributed by atoms with Gasteiger partial charge in [-0.25, -0.2) is 0 Å². The summed E-state index contributed by atoms with van der Waals surface area (Å²) >= 11 is 0. The zero-order chi connectivity index (χ0) is 15.1. The predicted molar refractivity (Wildman–Crippen MR) is 83.9 cm³/mol. The summed E-state index contributed by atoms with van der Waals surface area (Å²) in [6, 6.07) is 10.1. The van der Waals surface area contributed by atoms with Crippen molar-refractivity contribution in [1.82, 2.24) is 9.78 Å². The van der Waals surface area contributed by atoms with Gasteiger partial charge in [-0.2, -0.15) is 5.10 Å². The van der Waals surface area contributed by atoms with Gasteiger partial charge in [-0.15, -0.1) is 0 Å². The van der Waals surface area contributed by atoms with Gasteiger partial charge < -0.3 is 10.5 Å². The molecule has 21 heavy (non-hydrogen) atoms. The molecule has 0 aliphatic rings. The van der Waals surface area contributed by atoms with Gasteiger partial charge in [0.15, 0.2) is 0 Å². The smallest absolute Gasteiger partial charge is 0.132 e. The number of rotatable bonds is 5. The predicted octanol–water partition coefficient (Wildman–Crippen LogP) is 2.74. The Kier molecular flexibility index (Phi) is 5.42. The van der Waals surface area contributed by atoms with Crippen molar-refractivity contribution in [3.05, 3.63) is 47.8 Å². The minimum absolute atomic E-state index is 0.372. The average molecular weight is 283 g/mol. The summed E-state index contributed by atoms with van der Waals surface area (Å²) in [6.45, 7) is 5.14.